The summed E-state index contributed by atoms with van der Waals surface area (Å²) in [6.45, 7) is 5.02. The fourth-order valence-electron chi connectivity index (χ4n) is 4.91. The fraction of sp³-hybridized carbons (Fsp3) is 0.462. The molecule has 3 heterocycles. The average molecular weight is 484 g/mol. The van der Waals surface area contributed by atoms with Crippen LogP contribution in [0.15, 0.2) is 30.5 Å². The van der Waals surface area contributed by atoms with Crippen LogP contribution in [-0.2, 0) is 17.5 Å². The molecule has 2 aliphatic rings. The molecule has 1 aromatic carbocycles. The Morgan fingerprint density at radius 3 is 2.54 bits per heavy atom. The number of hydrogen-bond donors (Lipinski definition) is 1. The fourth-order valence-corrected chi connectivity index (χ4v) is 4.91. The number of rotatable bonds is 5. The van der Waals surface area contributed by atoms with Crippen molar-refractivity contribution < 1.29 is 18.0 Å². The van der Waals surface area contributed by atoms with Gasteiger partial charge in [0.1, 0.15) is 0 Å². The van der Waals surface area contributed by atoms with Crippen LogP contribution in [0, 0.1) is 19.8 Å². The van der Waals surface area contributed by atoms with Gasteiger partial charge in [0.2, 0.25) is 5.91 Å². The molecule has 6 nitrogen and oxygen atoms in total. The molecule has 9 heteroatoms. The van der Waals surface area contributed by atoms with Crippen LogP contribution >= 0.6 is 0 Å². The maximum Gasteiger partial charge on any atom is 0.416 e. The summed E-state index contributed by atoms with van der Waals surface area (Å²) in [6.07, 6.45) is 1.28. The minimum atomic E-state index is -4.39. The lowest BCUT2D eigenvalue weighted by Crippen LogP contribution is -2.38. The summed E-state index contributed by atoms with van der Waals surface area (Å²) in [5, 5.41) is 12.5. The van der Waals surface area contributed by atoms with Gasteiger partial charge in [-0.15, -0.1) is 5.10 Å². The maximum atomic E-state index is 13.3. The second-order valence-corrected chi connectivity index (χ2v) is 9.61. The van der Waals surface area contributed by atoms with Crippen molar-refractivity contribution in [3.05, 3.63) is 58.4 Å². The molecule has 35 heavy (non-hydrogen) atoms. The van der Waals surface area contributed by atoms with Gasteiger partial charge in [-0.25, -0.2) is 0 Å². The van der Waals surface area contributed by atoms with E-state index in [1.54, 1.807) is 6.07 Å². The van der Waals surface area contributed by atoms with Crippen LogP contribution in [0.4, 0.5) is 19.0 Å². The summed E-state index contributed by atoms with van der Waals surface area (Å²) in [4.78, 5) is 19.0. The standard InChI is InChI=1S/C26H28F3N5O/c1-15-19(4-3-5-22(15)26(27,28)29)13-31-24-21-12-20(14-30-23(21)16(2)32-33-24)17-8-10-34(11-9-17)25(35)18-6-7-18/h3-5,12,14,17-18H,6-11,13H2,1-2H3,(H,31,33). The largest absolute Gasteiger partial charge is 0.416 e. The Labute approximate surface area is 201 Å². The lowest BCUT2D eigenvalue weighted by Gasteiger charge is -2.32. The van der Waals surface area contributed by atoms with Crippen molar-refractivity contribution in [2.24, 2.45) is 5.92 Å². The SMILES string of the molecule is Cc1c(CNc2nnc(C)c3ncc(C4CCN(C(=O)C5CC5)CC4)cc23)cccc1C(F)(F)F. The van der Waals surface area contributed by atoms with Gasteiger partial charge in [-0.05, 0) is 74.3 Å². The molecule has 0 bridgehead atoms. The monoisotopic (exact) mass is 483 g/mol. The highest BCUT2D eigenvalue weighted by atomic mass is 19.4. The van der Waals surface area contributed by atoms with Crippen molar-refractivity contribution >= 4 is 22.6 Å². The second kappa shape index (κ2) is 9.09. The summed E-state index contributed by atoms with van der Waals surface area (Å²) in [5.41, 5.74) is 2.61. The van der Waals surface area contributed by atoms with Crippen LogP contribution in [0.1, 0.15) is 59.5 Å². The molecule has 2 aromatic heterocycles. The number of hydrogen-bond acceptors (Lipinski definition) is 5. The number of nitrogens with zero attached hydrogens (tertiary/aromatic N) is 4. The van der Waals surface area contributed by atoms with Crippen molar-refractivity contribution in [1.82, 2.24) is 20.1 Å². The lowest BCUT2D eigenvalue weighted by molar-refractivity contribution is -0.138. The summed E-state index contributed by atoms with van der Waals surface area (Å²) in [5.74, 6) is 1.33. The molecule has 1 aliphatic carbocycles. The zero-order chi connectivity index (χ0) is 24.7. The van der Waals surface area contributed by atoms with Gasteiger partial charge in [0.25, 0.3) is 0 Å². The molecule has 3 aromatic rings. The number of carbonyl (C=O) groups is 1. The number of halogens is 3. The third-order valence-corrected chi connectivity index (χ3v) is 7.21. The summed E-state index contributed by atoms with van der Waals surface area (Å²) in [7, 11) is 0. The number of aromatic nitrogens is 3. The Hall–Kier alpha value is -3.23. The van der Waals surface area contributed by atoms with E-state index in [-0.39, 0.29) is 18.0 Å². The molecule has 0 unspecified atom stereocenters. The molecule has 0 spiro atoms. The third kappa shape index (κ3) is 4.81. The number of aryl methyl sites for hydroxylation is 1. The Morgan fingerprint density at radius 2 is 1.86 bits per heavy atom. The number of likely N-dealkylation sites (tertiary alicyclic amines) is 1. The van der Waals surface area contributed by atoms with Gasteiger partial charge < -0.3 is 10.2 Å². The van der Waals surface area contributed by atoms with E-state index in [4.69, 9.17) is 0 Å². The van der Waals surface area contributed by atoms with Gasteiger partial charge in [0.05, 0.1) is 16.8 Å². The molecular formula is C26H28F3N5O. The lowest BCUT2D eigenvalue weighted by atomic mass is 9.89. The number of benzene rings is 1. The van der Waals surface area contributed by atoms with Crippen LogP contribution in [0.25, 0.3) is 10.9 Å². The molecule has 2 fully saturated rings. The quantitative estimate of drug-likeness (QED) is 0.527. The molecule has 1 amide bonds. The minimum absolute atomic E-state index is 0.189. The van der Waals surface area contributed by atoms with Gasteiger partial charge in [0.15, 0.2) is 5.82 Å². The molecule has 1 N–H and O–H groups in total. The van der Waals surface area contributed by atoms with Gasteiger partial charge in [-0.3, -0.25) is 9.78 Å². The summed E-state index contributed by atoms with van der Waals surface area (Å²) < 4.78 is 39.9. The van der Waals surface area contributed by atoms with Gasteiger partial charge in [-0.2, -0.15) is 18.3 Å². The van der Waals surface area contributed by atoms with Crippen LogP contribution in [-0.4, -0.2) is 39.1 Å². The number of alkyl halides is 3. The molecule has 0 radical (unpaired) electrons. The number of nitrogens with one attached hydrogen (secondary N) is 1. The number of fused-ring (bicyclic) bond motifs is 1. The van der Waals surface area contributed by atoms with E-state index in [1.807, 2.05) is 18.0 Å². The Morgan fingerprint density at radius 1 is 1.11 bits per heavy atom. The molecular weight excluding hydrogens is 455 g/mol. The number of amides is 1. The van der Waals surface area contributed by atoms with Gasteiger partial charge in [-0.1, -0.05) is 12.1 Å². The van der Waals surface area contributed by atoms with E-state index in [1.165, 1.54) is 13.0 Å². The van der Waals surface area contributed by atoms with Crippen LogP contribution in [0.3, 0.4) is 0 Å². The molecule has 1 saturated heterocycles. The smallest absolute Gasteiger partial charge is 0.364 e. The second-order valence-electron chi connectivity index (χ2n) is 9.61. The van der Waals surface area contributed by atoms with Crippen LogP contribution in [0.2, 0.25) is 0 Å². The maximum absolute atomic E-state index is 13.3. The van der Waals surface area contributed by atoms with Crippen molar-refractivity contribution in [2.75, 3.05) is 18.4 Å². The Balaban J connectivity index is 1.36. The van der Waals surface area contributed by atoms with Crippen LogP contribution in [0.5, 0.6) is 0 Å². The molecule has 5 rings (SSSR count). The van der Waals surface area contributed by atoms with Gasteiger partial charge >= 0.3 is 6.18 Å². The van der Waals surface area contributed by atoms with E-state index < -0.39 is 11.7 Å². The van der Waals surface area contributed by atoms with Crippen molar-refractivity contribution in [2.45, 2.75) is 58.2 Å². The first kappa shape index (κ1) is 23.5. The van der Waals surface area contributed by atoms with Crippen molar-refractivity contribution in [3.63, 3.8) is 0 Å². The predicted molar refractivity (Wildman–Crippen MR) is 127 cm³/mol. The van der Waals surface area contributed by atoms with E-state index >= 15 is 0 Å². The van der Waals surface area contributed by atoms with E-state index in [0.717, 1.165) is 55.8 Å². The molecule has 0 atom stereocenters. The first-order valence-corrected chi connectivity index (χ1v) is 12.0. The predicted octanol–water partition coefficient (Wildman–Crippen LogP) is 5.39. The molecule has 1 saturated carbocycles. The third-order valence-electron chi connectivity index (χ3n) is 7.21. The number of pyridine rings is 1. The van der Waals surface area contributed by atoms with Crippen molar-refractivity contribution in [3.8, 4) is 0 Å². The van der Waals surface area contributed by atoms with E-state index in [9.17, 15) is 18.0 Å². The summed E-state index contributed by atoms with van der Waals surface area (Å²) >= 11 is 0. The van der Waals surface area contributed by atoms with Gasteiger partial charge in [0, 0.05) is 37.1 Å². The highest BCUT2D eigenvalue weighted by Gasteiger charge is 2.35. The van der Waals surface area contributed by atoms with E-state index in [2.05, 4.69) is 26.6 Å². The highest BCUT2D eigenvalue weighted by Crippen LogP contribution is 2.36. The zero-order valence-corrected chi connectivity index (χ0v) is 19.8. The average Bonchev–Trinajstić information content (AvgIpc) is 3.69. The first-order chi connectivity index (χ1) is 16.7. The van der Waals surface area contributed by atoms with Crippen molar-refractivity contribution in [1.29, 1.82) is 0 Å². The number of anilines is 1. The normalized spacial score (nSPS) is 17.1. The summed E-state index contributed by atoms with van der Waals surface area (Å²) in [6, 6.07) is 6.27. The molecule has 1 aliphatic heterocycles. The number of carbonyl (C=O) groups excluding carboxylic acids is 1. The first-order valence-electron chi connectivity index (χ1n) is 12.0. The highest BCUT2D eigenvalue weighted by molar-refractivity contribution is 5.90. The zero-order valence-electron chi connectivity index (χ0n) is 19.8. The van der Waals surface area contributed by atoms with Crippen LogP contribution < -0.4 is 5.32 Å². The Kier molecular flexibility index (Phi) is 6.11. The minimum Gasteiger partial charge on any atom is -0.364 e. The topological polar surface area (TPSA) is 71.0 Å². The number of piperidine rings is 1. The molecule has 184 valence electrons. The Bertz CT molecular complexity index is 1260. The van der Waals surface area contributed by atoms with E-state index in [0.29, 0.717) is 34.4 Å².